The molecular weight excluding hydrogens is 246 g/mol. The number of nitrogens with zero attached hydrogens (tertiary/aromatic N) is 2. The fourth-order valence-electron chi connectivity index (χ4n) is 2.50. The number of nitrogens with one attached hydrogen (secondary N) is 1. The first-order valence-corrected chi connectivity index (χ1v) is 6.95. The topological polar surface area (TPSA) is 29.3 Å². The van der Waals surface area contributed by atoms with Crippen molar-refractivity contribution in [2.45, 2.75) is 19.8 Å². The van der Waals surface area contributed by atoms with Crippen molar-refractivity contribution in [3.8, 4) is 0 Å². The molecule has 1 aromatic carbocycles. The van der Waals surface area contributed by atoms with Crippen molar-refractivity contribution in [1.29, 1.82) is 0 Å². The Morgan fingerprint density at radius 3 is 2.85 bits per heavy atom. The standard InChI is InChI=1S/C17H19N3/c1-13-4-3-5-14(10-13)6-9-17-19-11-16-8-7-15(18-2)12-20(16)17/h3-5,7-8,10-12,18H,6,9H2,1-2H3. The highest BCUT2D eigenvalue weighted by Crippen LogP contribution is 2.14. The van der Waals surface area contributed by atoms with Gasteiger partial charge in [-0.25, -0.2) is 4.98 Å². The fraction of sp³-hybridized carbons (Fsp3) is 0.235. The third-order valence-electron chi connectivity index (χ3n) is 3.61. The average molecular weight is 265 g/mol. The molecule has 2 aromatic heterocycles. The Morgan fingerprint density at radius 2 is 2.05 bits per heavy atom. The molecule has 0 fully saturated rings. The van der Waals surface area contributed by atoms with Gasteiger partial charge in [0.25, 0.3) is 0 Å². The van der Waals surface area contributed by atoms with E-state index in [1.165, 1.54) is 11.1 Å². The molecule has 20 heavy (non-hydrogen) atoms. The zero-order valence-electron chi connectivity index (χ0n) is 11.9. The molecule has 0 bridgehead atoms. The van der Waals surface area contributed by atoms with E-state index < -0.39 is 0 Å². The van der Waals surface area contributed by atoms with Gasteiger partial charge >= 0.3 is 0 Å². The summed E-state index contributed by atoms with van der Waals surface area (Å²) < 4.78 is 2.17. The van der Waals surface area contributed by atoms with Gasteiger partial charge in [-0.05, 0) is 31.0 Å². The van der Waals surface area contributed by atoms with Crippen molar-refractivity contribution in [3.05, 3.63) is 65.7 Å². The molecule has 102 valence electrons. The van der Waals surface area contributed by atoms with Gasteiger partial charge < -0.3 is 9.72 Å². The first-order chi connectivity index (χ1) is 9.76. The molecule has 3 heteroatoms. The number of hydrogen-bond acceptors (Lipinski definition) is 2. The van der Waals surface area contributed by atoms with E-state index in [-0.39, 0.29) is 0 Å². The number of aromatic nitrogens is 2. The summed E-state index contributed by atoms with van der Waals surface area (Å²) in [6.07, 6.45) is 6.01. The van der Waals surface area contributed by atoms with Gasteiger partial charge in [0, 0.05) is 19.7 Å². The third kappa shape index (κ3) is 2.52. The normalized spacial score (nSPS) is 10.9. The molecule has 3 aromatic rings. The van der Waals surface area contributed by atoms with Crippen LogP contribution in [-0.4, -0.2) is 16.4 Å². The number of aryl methyl sites for hydroxylation is 3. The number of imidazole rings is 1. The molecule has 0 amide bonds. The lowest BCUT2D eigenvalue weighted by Gasteiger charge is -2.05. The van der Waals surface area contributed by atoms with Gasteiger partial charge in [0.2, 0.25) is 0 Å². The summed E-state index contributed by atoms with van der Waals surface area (Å²) in [7, 11) is 1.94. The first-order valence-electron chi connectivity index (χ1n) is 6.95. The number of benzene rings is 1. The highest BCUT2D eigenvalue weighted by Gasteiger charge is 2.04. The molecule has 0 radical (unpaired) electrons. The van der Waals surface area contributed by atoms with E-state index in [2.05, 4.69) is 64.2 Å². The van der Waals surface area contributed by atoms with Crippen LogP contribution >= 0.6 is 0 Å². The molecule has 0 spiro atoms. The van der Waals surface area contributed by atoms with Crippen LogP contribution in [0.5, 0.6) is 0 Å². The lowest BCUT2D eigenvalue weighted by Crippen LogP contribution is -1.99. The van der Waals surface area contributed by atoms with Crippen LogP contribution in [0.2, 0.25) is 0 Å². The maximum Gasteiger partial charge on any atom is 0.113 e. The summed E-state index contributed by atoms with van der Waals surface area (Å²) in [6, 6.07) is 12.8. The smallest absolute Gasteiger partial charge is 0.113 e. The molecule has 0 atom stereocenters. The maximum absolute atomic E-state index is 4.54. The number of hydrogen-bond donors (Lipinski definition) is 1. The monoisotopic (exact) mass is 265 g/mol. The number of rotatable bonds is 4. The van der Waals surface area contributed by atoms with Gasteiger partial charge in [-0.15, -0.1) is 0 Å². The Bertz CT molecular complexity index is 728. The van der Waals surface area contributed by atoms with Crippen molar-refractivity contribution >= 4 is 11.2 Å². The summed E-state index contributed by atoms with van der Waals surface area (Å²) in [5, 5.41) is 3.17. The van der Waals surface area contributed by atoms with Crippen LogP contribution in [0, 0.1) is 6.92 Å². The van der Waals surface area contributed by atoms with Crippen LogP contribution in [0.1, 0.15) is 17.0 Å². The van der Waals surface area contributed by atoms with Gasteiger partial charge in [0.1, 0.15) is 5.82 Å². The van der Waals surface area contributed by atoms with Crippen molar-refractivity contribution in [2.75, 3.05) is 12.4 Å². The number of anilines is 1. The van der Waals surface area contributed by atoms with Crippen molar-refractivity contribution < 1.29 is 0 Å². The SMILES string of the molecule is CNc1ccc2cnc(CCc3cccc(C)c3)n2c1. The largest absolute Gasteiger partial charge is 0.387 e. The Morgan fingerprint density at radius 1 is 1.15 bits per heavy atom. The highest BCUT2D eigenvalue weighted by atomic mass is 15.0. The average Bonchev–Trinajstić information content (AvgIpc) is 2.87. The second kappa shape index (κ2) is 5.37. The third-order valence-corrected chi connectivity index (χ3v) is 3.61. The molecule has 2 heterocycles. The Hall–Kier alpha value is -2.29. The van der Waals surface area contributed by atoms with Gasteiger partial charge in [0.05, 0.1) is 17.4 Å². The molecule has 1 N–H and O–H groups in total. The second-order valence-corrected chi connectivity index (χ2v) is 5.13. The van der Waals surface area contributed by atoms with E-state index in [0.717, 1.165) is 29.9 Å². The van der Waals surface area contributed by atoms with Crippen molar-refractivity contribution in [3.63, 3.8) is 0 Å². The van der Waals surface area contributed by atoms with E-state index in [9.17, 15) is 0 Å². The predicted molar refractivity (Wildman–Crippen MR) is 83.3 cm³/mol. The predicted octanol–water partition coefficient (Wildman–Crippen LogP) is 3.47. The van der Waals surface area contributed by atoms with Crippen molar-refractivity contribution in [1.82, 2.24) is 9.38 Å². The number of pyridine rings is 1. The van der Waals surface area contributed by atoms with Crippen LogP contribution in [0.4, 0.5) is 5.69 Å². The molecule has 3 nitrogen and oxygen atoms in total. The number of fused-ring (bicyclic) bond motifs is 1. The zero-order chi connectivity index (χ0) is 13.9. The highest BCUT2D eigenvalue weighted by molar-refractivity contribution is 5.53. The van der Waals surface area contributed by atoms with Crippen molar-refractivity contribution in [2.24, 2.45) is 0 Å². The van der Waals surface area contributed by atoms with Gasteiger partial charge in [0.15, 0.2) is 0 Å². The van der Waals surface area contributed by atoms with Gasteiger partial charge in [-0.1, -0.05) is 29.8 Å². The van der Waals surface area contributed by atoms with Crippen LogP contribution in [-0.2, 0) is 12.8 Å². The minimum Gasteiger partial charge on any atom is -0.387 e. The van der Waals surface area contributed by atoms with Crippen LogP contribution in [0.25, 0.3) is 5.52 Å². The van der Waals surface area contributed by atoms with E-state index in [1.807, 2.05) is 13.2 Å². The lowest BCUT2D eigenvalue weighted by atomic mass is 10.1. The van der Waals surface area contributed by atoms with Gasteiger partial charge in [-0.2, -0.15) is 0 Å². The molecule has 0 aliphatic rings. The molecule has 0 unspecified atom stereocenters. The summed E-state index contributed by atoms with van der Waals surface area (Å²) in [6.45, 7) is 2.13. The molecule has 0 saturated heterocycles. The maximum atomic E-state index is 4.54. The molecule has 0 aliphatic carbocycles. The van der Waals surface area contributed by atoms with E-state index in [4.69, 9.17) is 0 Å². The fourth-order valence-corrected chi connectivity index (χ4v) is 2.50. The molecule has 3 rings (SSSR count). The summed E-state index contributed by atoms with van der Waals surface area (Å²) in [5.41, 5.74) is 4.93. The second-order valence-electron chi connectivity index (χ2n) is 5.13. The quantitative estimate of drug-likeness (QED) is 0.782. The zero-order valence-corrected chi connectivity index (χ0v) is 11.9. The molecule has 0 saturated carbocycles. The Kier molecular flexibility index (Phi) is 3.42. The van der Waals surface area contributed by atoms with Crippen LogP contribution in [0.3, 0.4) is 0 Å². The molecular formula is C17H19N3. The minimum atomic E-state index is 0.949. The van der Waals surface area contributed by atoms with Crippen LogP contribution in [0.15, 0.2) is 48.8 Å². The first kappa shape index (κ1) is 12.7. The lowest BCUT2D eigenvalue weighted by molar-refractivity contribution is 0.853. The summed E-state index contributed by atoms with van der Waals surface area (Å²) in [4.78, 5) is 4.54. The van der Waals surface area contributed by atoms with E-state index in [0.29, 0.717) is 0 Å². The molecule has 0 aliphatic heterocycles. The Balaban J connectivity index is 1.83. The van der Waals surface area contributed by atoms with Gasteiger partial charge in [-0.3, -0.25) is 0 Å². The van der Waals surface area contributed by atoms with E-state index >= 15 is 0 Å². The summed E-state index contributed by atoms with van der Waals surface area (Å²) in [5.74, 6) is 1.11. The minimum absolute atomic E-state index is 0.949. The Labute approximate surface area is 119 Å². The summed E-state index contributed by atoms with van der Waals surface area (Å²) >= 11 is 0. The van der Waals surface area contributed by atoms with Crippen LogP contribution < -0.4 is 5.32 Å². The van der Waals surface area contributed by atoms with E-state index in [1.54, 1.807) is 0 Å².